The fourth-order valence-corrected chi connectivity index (χ4v) is 1.95. The van der Waals surface area contributed by atoms with Gasteiger partial charge in [-0.2, -0.15) is 0 Å². The van der Waals surface area contributed by atoms with Gasteiger partial charge in [0.15, 0.2) is 0 Å². The van der Waals surface area contributed by atoms with Gasteiger partial charge in [-0.1, -0.05) is 0 Å². The molecule has 1 saturated carbocycles. The molecule has 0 aliphatic heterocycles. The van der Waals surface area contributed by atoms with Gasteiger partial charge in [-0.3, -0.25) is 0 Å². The number of ether oxygens (including phenoxy) is 1. The van der Waals surface area contributed by atoms with E-state index in [1.165, 1.54) is 6.20 Å². The molecule has 0 aromatic carbocycles. The second-order valence-electron chi connectivity index (χ2n) is 4.54. The number of halogens is 2. The Balaban J connectivity index is 1.78. The molecule has 1 aromatic heterocycles. The summed E-state index contributed by atoms with van der Waals surface area (Å²) in [5.41, 5.74) is 6.07. The Morgan fingerprint density at radius 2 is 2.06 bits per heavy atom. The SMILES string of the molecule is Nc1ccc(OCC2CCC(F)(F)CC2)nc1. The fraction of sp³-hybridized carbons (Fsp3) is 0.583. The van der Waals surface area contributed by atoms with Gasteiger partial charge in [0.2, 0.25) is 11.8 Å². The first-order valence-electron chi connectivity index (χ1n) is 5.77. The Hall–Kier alpha value is -1.39. The van der Waals surface area contributed by atoms with Crippen LogP contribution in [0.25, 0.3) is 0 Å². The Kier molecular flexibility index (Phi) is 3.45. The predicted molar refractivity (Wildman–Crippen MR) is 61.0 cm³/mol. The molecular weight excluding hydrogens is 226 g/mol. The van der Waals surface area contributed by atoms with E-state index in [4.69, 9.17) is 10.5 Å². The topological polar surface area (TPSA) is 48.1 Å². The smallest absolute Gasteiger partial charge is 0.248 e. The van der Waals surface area contributed by atoms with E-state index in [0.717, 1.165) is 0 Å². The Labute approximate surface area is 99.0 Å². The van der Waals surface area contributed by atoms with E-state index in [9.17, 15) is 8.78 Å². The van der Waals surface area contributed by atoms with Crippen LogP contribution in [0.4, 0.5) is 14.5 Å². The average molecular weight is 242 g/mol. The summed E-state index contributed by atoms with van der Waals surface area (Å²) in [7, 11) is 0. The van der Waals surface area contributed by atoms with Crippen molar-refractivity contribution in [3.63, 3.8) is 0 Å². The highest BCUT2D eigenvalue weighted by atomic mass is 19.3. The number of alkyl halides is 2. The minimum atomic E-state index is -2.48. The fourth-order valence-electron chi connectivity index (χ4n) is 1.95. The van der Waals surface area contributed by atoms with Crippen LogP contribution in [0.5, 0.6) is 5.88 Å². The molecule has 5 heteroatoms. The predicted octanol–water partition coefficient (Wildman–Crippen LogP) is 2.87. The van der Waals surface area contributed by atoms with Gasteiger partial charge in [0.1, 0.15) is 0 Å². The standard InChI is InChI=1S/C12H16F2N2O/c13-12(14)5-3-9(4-6-12)8-17-11-2-1-10(15)7-16-11/h1-2,7,9H,3-6,8,15H2. The minimum absolute atomic E-state index is 0.0316. The quantitative estimate of drug-likeness (QED) is 0.886. The van der Waals surface area contributed by atoms with Crippen LogP contribution in [0.1, 0.15) is 25.7 Å². The molecule has 3 nitrogen and oxygen atoms in total. The lowest BCUT2D eigenvalue weighted by atomic mass is 9.87. The Morgan fingerprint density at radius 3 is 2.65 bits per heavy atom. The van der Waals surface area contributed by atoms with Crippen molar-refractivity contribution < 1.29 is 13.5 Å². The number of nitrogens with two attached hydrogens (primary N) is 1. The molecule has 0 unspecified atom stereocenters. The first-order valence-corrected chi connectivity index (χ1v) is 5.77. The van der Waals surface area contributed by atoms with Crippen molar-refractivity contribution in [2.45, 2.75) is 31.6 Å². The molecule has 94 valence electrons. The highest BCUT2D eigenvalue weighted by molar-refractivity contribution is 5.35. The van der Waals surface area contributed by atoms with Crippen LogP contribution in [-0.4, -0.2) is 17.5 Å². The third-order valence-electron chi connectivity index (χ3n) is 3.06. The van der Waals surface area contributed by atoms with E-state index < -0.39 is 5.92 Å². The molecule has 0 saturated heterocycles. The van der Waals surface area contributed by atoms with Crippen LogP contribution < -0.4 is 10.5 Å². The van der Waals surface area contributed by atoms with Crippen LogP contribution in [-0.2, 0) is 0 Å². The summed E-state index contributed by atoms with van der Waals surface area (Å²) in [5, 5.41) is 0. The first-order chi connectivity index (χ1) is 8.05. The number of hydrogen-bond donors (Lipinski definition) is 1. The summed E-state index contributed by atoms with van der Waals surface area (Å²) in [6.07, 6.45) is 2.49. The molecule has 0 radical (unpaired) electrons. The molecule has 0 amide bonds. The number of nitrogens with zero attached hydrogens (tertiary/aromatic N) is 1. The lowest BCUT2D eigenvalue weighted by molar-refractivity contribution is -0.0499. The van der Waals surface area contributed by atoms with Gasteiger partial charge in [-0.15, -0.1) is 0 Å². The largest absolute Gasteiger partial charge is 0.477 e. The van der Waals surface area contributed by atoms with Crippen LogP contribution in [0.3, 0.4) is 0 Å². The maximum absolute atomic E-state index is 12.9. The normalized spacial score (nSPS) is 20.1. The lowest BCUT2D eigenvalue weighted by Crippen LogP contribution is -2.27. The van der Waals surface area contributed by atoms with Crippen molar-refractivity contribution in [3.05, 3.63) is 18.3 Å². The molecule has 0 spiro atoms. The van der Waals surface area contributed by atoms with Crippen molar-refractivity contribution in [1.29, 1.82) is 0 Å². The van der Waals surface area contributed by atoms with Gasteiger partial charge >= 0.3 is 0 Å². The summed E-state index contributed by atoms with van der Waals surface area (Å²) in [5.74, 6) is -1.78. The molecule has 1 aliphatic carbocycles. The van der Waals surface area contributed by atoms with Crippen molar-refractivity contribution in [1.82, 2.24) is 4.98 Å². The molecule has 0 atom stereocenters. The molecule has 17 heavy (non-hydrogen) atoms. The molecule has 2 N–H and O–H groups in total. The number of rotatable bonds is 3. The van der Waals surface area contributed by atoms with Crippen molar-refractivity contribution in [2.75, 3.05) is 12.3 Å². The highest BCUT2D eigenvalue weighted by Gasteiger charge is 2.34. The second-order valence-corrected chi connectivity index (χ2v) is 4.54. The molecule has 1 heterocycles. The number of hydrogen-bond acceptors (Lipinski definition) is 3. The number of aromatic nitrogens is 1. The van der Waals surface area contributed by atoms with E-state index >= 15 is 0 Å². The Morgan fingerprint density at radius 1 is 1.35 bits per heavy atom. The van der Waals surface area contributed by atoms with Crippen LogP contribution in [0, 0.1) is 5.92 Å². The summed E-state index contributed by atoms with van der Waals surface area (Å²) in [6.45, 7) is 0.451. The van der Waals surface area contributed by atoms with Gasteiger partial charge in [0, 0.05) is 18.9 Å². The third-order valence-corrected chi connectivity index (χ3v) is 3.06. The van der Waals surface area contributed by atoms with E-state index in [1.807, 2.05) is 0 Å². The lowest BCUT2D eigenvalue weighted by Gasteiger charge is -2.27. The van der Waals surface area contributed by atoms with Crippen LogP contribution in [0.2, 0.25) is 0 Å². The van der Waals surface area contributed by atoms with Crippen molar-refractivity contribution in [2.24, 2.45) is 5.92 Å². The zero-order valence-corrected chi connectivity index (χ0v) is 9.53. The minimum Gasteiger partial charge on any atom is -0.477 e. The number of pyridine rings is 1. The summed E-state index contributed by atoms with van der Waals surface area (Å²) < 4.78 is 31.3. The second kappa shape index (κ2) is 4.85. The van der Waals surface area contributed by atoms with Gasteiger partial charge in [0.05, 0.1) is 18.5 Å². The highest BCUT2D eigenvalue weighted by Crippen LogP contribution is 2.36. The van der Waals surface area contributed by atoms with Crippen LogP contribution in [0.15, 0.2) is 18.3 Å². The average Bonchev–Trinajstić information content (AvgIpc) is 2.30. The maximum atomic E-state index is 12.9. The van der Waals surface area contributed by atoms with E-state index in [0.29, 0.717) is 31.0 Å². The third kappa shape index (κ3) is 3.54. The van der Waals surface area contributed by atoms with Crippen molar-refractivity contribution >= 4 is 5.69 Å². The van der Waals surface area contributed by atoms with Gasteiger partial charge in [0.25, 0.3) is 0 Å². The summed E-state index contributed by atoms with van der Waals surface area (Å²) >= 11 is 0. The number of nitrogen functional groups attached to an aromatic ring is 1. The molecule has 0 bridgehead atoms. The van der Waals surface area contributed by atoms with E-state index in [1.54, 1.807) is 12.1 Å². The van der Waals surface area contributed by atoms with Crippen LogP contribution >= 0.6 is 0 Å². The molecular formula is C12H16F2N2O. The Bertz CT molecular complexity index is 357. The molecule has 2 rings (SSSR count). The molecule has 1 aliphatic rings. The van der Waals surface area contributed by atoms with Gasteiger partial charge in [-0.25, -0.2) is 13.8 Å². The summed E-state index contributed by atoms with van der Waals surface area (Å²) in [6, 6.07) is 3.39. The molecule has 1 aromatic rings. The van der Waals surface area contributed by atoms with E-state index in [-0.39, 0.29) is 18.8 Å². The zero-order chi connectivity index (χ0) is 12.3. The van der Waals surface area contributed by atoms with Gasteiger partial charge in [-0.05, 0) is 24.8 Å². The first kappa shape index (κ1) is 12.1. The monoisotopic (exact) mass is 242 g/mol. The maximum Gasteiger partial charge on any atom is 0.248 e. The van der Waals surface area contributed by atoms with Crippen molar-refractivity contribution in [3.8, 4) is 5.88 Å². The number of anilines is 1. The van der Waals surface area contributed by atoms with Gasteiger partial charge < -0.3 is 10.5 Å². The zero-order valence-electron chi connectivity index (χ0n) is 9.53. The summed E-state index contributed by atoms with van der Waals surface area (Å²) in [4.78, 5) is 4.00. The van der Waals surface area contributed by atoms with E-state index in [2.05, 4.69) is 4.98 Å². The molecule has 1 fully saturated rings.